The van der Waals surface area contributed by atoms with E-state index in [0.29, 0.717) is 28.0 Å². The van der Waals surface area contributed by atoms with Crippen molar-refractivity contribution in [1.82, 2.24) is 9.88 Å². The Balaban J connectivity index is 1.34. The van der Waals surface area contributed by atoms with Gasteiger partial charge in [0.2, 0.25) is 0 Å². The van der Waals surface area contributed by atoms with Crippen molar-refractivity contribution >= 4 is 34.7 Å². The molecule has 0 spiro atoms. The third-order valence-electron chi connectivity index (χ3n) is 5.64. The molecule has 2 amide bonds. The van der Waals surface area contributed by atoms with Gasteiger partial charge < -0.3 is 29.9 Å². The molecule has 0 atom stereocenters. The van der Waals surface area contributed by atoms with Crippen LogP contribution in [0.2, 0.25) is 5.15 Å². The van der Waals surface area contributed by atoms with Crippen LogP contribution in [0.5, 0.6) is 17.2 Å². The molecular formula is C25H28ClN5O3. The van der Waals surface area contributed by atoms with Crippen molar-refractivity contribution in [3.8, 4) is 17.2 Å². The quantitative estimate of drug-likeness (QED) is 0.444. The topological polar surface area (TPSA) is 79.0 Å². The molecule has 1 aliphatic rings. The van der Waals surface area contributed by atoms with Gasteiger partial charge in [0.15, 0.2) is 0 Å². The first-order valence-corrected chi connectivity index (χ1v) is 11.5. The number of anilines is 3. The summed E-state index contributed by atoms with van der Waals surface area (Å²) in [5.74, 6) is 1.94. The van der Waals surface area contributed by atoms with Crippen LogP contribution in [0.25, 0.3) is 0 Å². The maximum absolute atomic E-state index is 12.5. The smallest absolute Gasteiger partial charge is 0.323 e. The highest BCUT2D eigenvalue weighted by Crippen LogP contribution is 2.32. The molecule has 0 saturated carbocycles. The molecule has 2 N–H and O–H groups in total. The fourth-order valence-electron chi connectivity index (χ4n) is 3.81. The number of carbonyl (C=O) groups is 1. The van der Waals surface area contributed by atoms with Crippen LogP contribution in [-0.4, -0.2) is 55.7 Å². The number of aromatic nitrogens is 1. The average molecular weight is 482 g/mol. The summed E-state index contributed by atoms with van der Waals surface area (Å²) in [6.45, 7) is 7.21. The number of amides is 2. The minimum atomic E-state index is -0.346. The molecule has 3 aromatic rings. The van der Waals surface area contributed by atoms with Gasteiger partial charge in [0, 0.05) is 55.9 Å². The van der Waals surface area contributed by atoms with Gasteiger partial charge in [0.1, 0.15) is 22.4 Å². The molecule has 0 aliphatic carbocycles. The number of piperazine rings is 1. The summed E-state index contributed by atoms with van der Waals surface area (Å²) in [6, 6.07) is 15.8. The van der Waals surface area contributed by atoms with E-state index >= 15 is 0 Å². The number of hydrogen-bond donors (Lipinski definition) is 2. The maximum atomic E-state index is 12.5. The van der Waals surface area contributed by atoms with E-state index in [-0.39, 0.29) is 6.03 Å². The fourth-order valence-corrected chi connectivity index (χ4v) is 3.97. The maximum Gasteiger partial charge on any atom is 0.323 e. The first kappa shape index (κ1) is 23.7. The third-order valence-corrected chi connectivity index (χ3v) is 5.85. The van der Waals surface area contributed by atoms with E-state index in [9.17, 15) is 4.79 Å². The lowest BCUT2D eigenvalue weighted by Crippen LogP contribution is -2.46. The predicted octanol–water partition coefficient (Wildman–Crippen LogP) is 5.32. The van der Waals surface area contributed by atoms with Crippen LogP contribution in [0.15, 0.2) is 60.8 Å². The molecule has 2 heterocycles. The number of nitrogens with zero attached hydrogens (tertiary/aromatic N) is 3. The van der Waals surface area contributed by atoms with Crippen molar-refractivity contribution in [2.75, 3.05) is 55.4 Å². The van der Waals surface area contributed by atoms with Crippen molar-refractivity contribution in [3.05, 3.63) is 65.9 Å². The summed E-state index contributed by atoms with van der Waals surface area (Å²) in [5.41, 5.74) is 2.32. The summed E-state index contributed by atoms with van der Waals surface area (Å²) >= 11 is 5.88. The molecule has 1 saturated heterocycles. The zero-order valence-corrected chi connectivity index (χ0v) is 20.0. The van der Waals surface area contributed by atoms with Crippen LogP contribution in [0.1, 0.15) is 6.92 Å². The molecule has 0 radical (unpaired) electrons. The largest absolute Gasteiger partial charge is 0.495 e. The third kappa shape index (κ3) is 6.09. The Morgan fingerprint density at radius 3 is 2.35 bits per heavy atom. The van der Waals surface area contributed by atoms with E-state index in [4.69, 9.17) is 21.1 Å². The molecule has 0 bridgehead atoms. The van der Waals surface area contributed by atoms with Crippen LogP contribution >= 0.6 is 11.6 Å². The molecule has 4 rings (SSSR count). The summed E-state index contributed by atoms with van der Waals surface area (Å²) < 4.78 is 11.3. The van der Waals surface area contributed by atoms with Crippen LogP contribution in [0, 0.1) is 0 Å². The number of likely N-dealkylation sites (N-methyl/N-ethyl adjacent to an activating group) is 1. The van der Waals surface area contributed by atoms with Crippen molar-refractivity contribution in [2.24, 2.45) is 0 Å². The van der Waals surface area contributed by atoms with Gasteiger partial charge in [-0.3, -0.25) is 0 Å². The van der Waals surface area contributed by atoms with E-state index in [1.807, 2.05) is 18.2 Å². The highest BCUT2D eigenvalue weighted by Gasteiger charge is 2.19. The molecule has 1 fully saturated rings. The van der Waals surface area contributed by atoms with Crippen molar-refractivity contribution in [3.63, 3.8) is 0 Å². The number of urea groups is 1. The number of halogens is 1. The van der Waals surface area contributed by atoms with Crippen molar-refractivity contribution in [1.29, 1.82) is 0 Å². The number of carbonyl (C=O) groups excluding carboxylic acids is 1. The Morgan fingerprint density at radius 2 is 1.68 bits per heavy atom. The SMILES string of the molecule is CCN1CCN(c2ccc(NC(=O)Nc3ccc(Oc4ccnc(Cl)c4)cc3)cc2OC)CC1. The Kier molecular flexibility index (Phi) is 7.72. The summed E-state index contributed by atoms with van der Waals surface area (Å²) in [4.78, 5) is 21.2. The molecule has 1 aromatic heterocycles. The second kappa shape index (κ2) is 11.1. The second-order valence-corrected chi connectivity index (χ2v) is 8.22. The van der Waals surface area contributed by atoms with Gasteiger partial charge in [-0.25, -0.2) is 9.78 Å². The van der Waals surface area contributed by atoms with Gasteiger partial charge in [0.05, 0.1) is 12.8 Å². The van der Waals surface area contributed by atoms with E-state index < -0.39 is 0 Å². The lowest BCUT2D eigenvalue weighted by Gasteiger charge is -2.36. The second-order valence-electron chi connectivity index (χ2n) is 7.83. The van der Waals surface area contributed by atoms with Gasteiger partial charge in [-0.05, 0) is 49.0 Å². The van der Waals surface area contributed by atoms with Crippen molar-refractivity contribution < 1.29 is 14.3 Å². The zero-order chi connectivity index (χ0) is 23.9. The van der Waals surface area contributed by atoms with Crippen LogP contribution in [-0.2, 0) is 0 Å². The van der Waals surface area contributed by atoms with Crippen molar-refractivity contribution in [2.45, 2.75) is 6.92 Å². The number of rotatable bonds is 7. The molecule has 178 valence electrons. The monoisotopic (exact) mass is 481 g/mol. The minimum Gasteiger partial charge on any atom is -0.495 e. The molecular weight excluding hydrogens is 454 g/mol. The number of pyridine rings is 1. The van der Waals surface area contributed by atoms with Gasteiger partial charge in [-0.15, -0.1) is 0 Å². The Morgan fingerprint density at radius 1 is 0.971 bits per heavy atom. The van der Waals surface area contributed by atoms with Gasteiger partial charge >= 0.3 is 6.03 Å². The number of hydrogen-bond acceptors (Lipinski definition) is 6. The Bertz CT molecular complexity index is 1120. The minimum absolute atomic E-state index is 0.346. The van der Waals surface area contributed by atoms with E-state index in [1.165, 1.54) is 0 Å². The lowest BCUT2D eigenvalue weighted by atomic mass is 10.2. The van der Waals surface area contributed by atoms with Gasteiger partial charge in [0.25, 0.3) is 0 Å². The summed E-state index contributed by atoms with van der Waals surface area (Å²) in [5, 5.41) is 6.04. The average Bonchev–Trinajstić information content (AvgIpc) is 2.85. The summed E-state index contributed by atoms with van der Waals surface area (Å²) in [6.07, 6.45) is 1.58. The zero-order valence-electron chi connectivity index (χ0n) is 19.3. The van der Waals surface area contributed by atoms with E-state index in [0.717, 1.165) is 44.2 Å². The number of methoxy groups -OCH3 is 1. The molecule has 0 unspecified atom stereocenters. The number of benzene rings is 2. The molecule has 8 nitrogen and oxygen atoms in total. The molecule has 9 heteroatoms. The summed E-state index contributed by atoms with van der Waals surface area (Å²) in [7, 11) is 1.65. The van der Waals surface area contributed by atoms with Crippen LogP contribution in [0.4, 0.5) is 21.9 Å². The predicted molar refractivity (Wildman–Crippen MR) is 136 cm³/mol. The highest BCUT2D eigenvalue weighted by molar-refractivity contribution is 6.29. The molecule has 1 aliphatic heterocycles. The normalized spacial score (nSPS) is 13.9. The highest BCUT2D eigenvalue weighted by atomic mass is 35.5. The standard InChI is InChI=1S/C25H28ClN5O3/c1-3-30-12-14-31(15-13-30)22-9-6-19(16-23(22)33-2)29-25(32)28-18-4-7-20(8-5-18)34-21-10-11-27-24(26)17-21/h4-11,16-17H,3,12-15H2,1-2H3,(H2,28,29,32). The van der Waals surface area contributed by atoms with Gasteiger partial charge in [-0.1, -0.05) is 18.5 Å². The van der Waals surface area contributed by atoms with Crippen LogP contribution in [0.3, 0.4) is 0 Å². The first-order chi connectivity index (χ1) is 16.5. The number of ether oxygens (including phenoxy) is 2. The number of nitrogens with one attached hydrogen (secondary N) is 2. The Labute approximate surface area is 204 Å². The Hall–Kier alpha value is -3.49. The van der Waals surface area contributed by atoms with E-state index in [2.05, 4.69) is 32.3 Å². The fraction of sp³-hybridized carbons (Fsp3) is 0.280. The molecule has 2 aromatic carbocycles. The lowest BCUT2D eigenvalue weighted by molar-refractivity contribution is 0.262. The van der Waals surface area contributed by atoms with E-state index in [1.54, 1.807) is 49.7 Å². The van der Waals surface area contributed by atoms with Gasteiger partial charge in [-0.2, -0.15) is 0 Å². The molecule has 34 heavy (non-hydrogen) atoms. The first-order valence-electron chi connectivity index (χ1n) is 11.2. The van der Waals surface area contributed by atoms with Crippen LogP contribution < -0.4 is 25.0 Å².